The molecule has 0 spiro atoms. The zero-order valence-electron chi connectivity index (χ0n) is 12.2. The first-order valence-electron chi connectivity index (χ1n) is 7.76. The largest absolute Gasteiger partial charge is 0.381 e. The van der Waals surface area contributed by atoms with Crippen LogP contribution in [0.3, 0.4) is 0 Å². The first kappa shape index (κ1) is 14.8. The molecule has 2 aliphatic rings. The lowest BCUT2D eigenvalue weighted by atomic mass is 9.82. The molecular formula is C15H28N2O2. The predicted octanol–water partition coefficient (Wildman–Crippen LogP) is 1.80. The average molecular weight is 268 g/mol. The van der Waals surface area contributed by atoms with Gasteiger partial charge in [-0.15, -0.1) is 0 Å². The minimum atomic E-state index is 0.276. The summed E-state index contributed by atoms with van der Waals surface area (Å²) < 4.78 is 5.40. The lowest BCUT2D eigenvalue weighted by molar-refractivity contribution is -0.130. The van der Waals surface area contributed by atoms with E-state index in [4.69, 9.17) is 4.74 Å². The zero-order valence-corrected chi connectivity index (χ0v) is 12.2. The summed E-state index contributed by atoms with van der Waals surface area (Å²) in [5, 5.41) is 3.37. The third-order valence-corrected chi connectivity index (χ3v) is 4.49. The standard InChI is InChI=1S/C15H28N2O2/c1-15(6-10-19-11-7-15)13-16-12-14(18)17-8-4-2-3-5-9-17/h16H,2-13H2,1H3. The normalized spacial score (nSPS) is 23.9. The molecule has 4 nitrogen and oxygen atoms in total. The Bertz CT molecular complexity index is 280. The van der Waals surface area contributed by atoms with Gasteiger partial charge in [-0.2, -0.15) is 0 Å². The highest BCUT2D eigenvalue weighted by Crippen LogP contribution is 2.28. The maximum absolute atomic E-state index is 12.1. The second-order valence-corrected chi connectivity index (χ2v) is 6.32. The van der Waals surface area contributed by atoms with Crippen LogP contribution in [0.1, 0.15) is 45.4 Å². The fourth-order valence-corrected chi connectivity index (χ4v) is 2.94. The van der Waals surface area contributed by atoms with Crippen LogP contribution in [0.5, 0.6) is 0 Å². The van der Waals surface area contributed by atoms with Gasteiger partial charge in [-0.05, 0) is 31.1 Å². The number of rotatable bonds is 4. The van der Waals surface area contributed by atoms with Crippen LogP contribution in [0.2, 0.25) is 0 Å². The molecule has 1 amide bonds. The van der Waals surface area contributed by atoms with E-state index in [-0.39, 0.29) is 5.91 Å². The molecule has 2 fully saturated rings. The molecule has 0 aliphatic carbocycles. The number of ether oxygens (including phenoxy) is 1. The third-order valence-electron chi connectivity index (χ3n) is 4.49. The van der Waals surface area contributed by atoms with Gasteiger partial charge >= 0.3 is 0 Å². The van der Waals surface area contributed by atoms with Gasteiger partial charge in [-0.3, -0.25) is 4.79 Å². The number of amides is 1. The SMILES string of the molecule is CC1(CNCC(=O)N2CCCCCC2)CCOCC1. The first-order chi connectivity index (χ1) is 9.20. The van der Waals surface area contributed by atoms with E-state index < -0.39 is 0 Å². The van der Waals surface area contributed by atoms with Gasteiger partial charge in [0.1, 0.15) is 0 Å². The number of hydrogen-bond acceptors (Lipinski definition) is 3. The topological polar surface area (TPSA) is 41.6 Å². The van der Waals surface area contributed by atoms with Crippen molar-refractivity contribution < 1.29 is 9.53 Å². The van der Waals surface area contributed by atoms with Gasteiger partial charge in [0.05, 0.1) is 6.54 Å². The van der Waals surface area contributed by atoms with Crippen LogP contribution < -0.4 is 5.32 Å². The molecule has 0 radical (unpaired) electrons. The van der Waals surface area contributed by atoms with Crippen LogP contribution in [0, 0.1) is 5.41 Å². The van der Waals surface area contributed by atoms with Crippen LogP contribution in [0.15, 0.2) is 0 Å². The molecule has 19 heavy (non-hydrogen) atoms. The molecule has 4 heteroatoms. The lowest BCUT2D eigenvalue weighted by Gasteiger charge is -2.34. The van der Waals surface area contributed by atoms with Crippen molar-refractivity contribution in [3.8, 4) is 0 Å². The van der Waals surface area contributed by atoms with E-state index in [0.717, 1.165) is 45.7 Å². The van der Waals surface area contributed by atoms with Crippen LogP contribution in [-0.2, 0) is 9.53 Å². The second kappa shape index (κ2) is 7.25. The van der Waals surface area contributed by atoms with Crippen molar-refractivity contribution in [1.82, 2.24) is 10.2 Å². The quantitative estimate of drug-likeness (QED) is 0.845. The van der Waals surface area contributed by atoms with Crippen molar-refractivity contribution in [2.24, 2.45) is 5.41 Å². The molecule has 0 aromatic heterocycles. The van der Waals surface area contributed by atoms with Gasteiger partial charge in [0.25, 0.3) is 0 Å². The van der Waals surface area contributed by atoms with Gasteiger partial charge in [-0.1, -0.05) is 19.8 Å². The number of likely N-dealkylation sites (tertiary alicyclic amines) is 1. The zero-order chi connectivity index (χ0) is 13.6. The summed E-state index contributed by atoms with van der Waals surface area (Å²) in [7, 11) is 0. The highest BCUT2D eigenvalue weighted by atomic mass is 16.5. The van der Waals surface area contributed by atoms with E-state index in [1.54, 1.807) is 0 Å². The number of hydrogen-bond donors (Lipinski definition) is 1. The fourth-order valence-electron chi connectivity index (χ4n) is 2.94. The molecule has 0 unspecified atom stereocenters. The van der Waals surface area contributed by atoms with Gasteiger partial charge in [0.2, 0.25) is 5.91 Å². The van der Waals surface area contributed by atoms with Gasteiger partial charge in [-0.25, -0.2) is 0 Å². The summed E-state index contributed by atoms with van der Waals surface area (Å²) in [5.41, 5.74) is 0.303. The van der Waals surface area contributed by atoms with Crippen molar-refractivity contribution in [3.63, 3.8) is 0 Å². The third kappa shape index (κ3) is 4.77. The first-order valence-corrected chi connectivity index (χ1v) is 7.76. The van der Waals surface area contributed by atoms with Crippen molar-refractivity contribution in [1.29, 1.82) is 0 Å². The fraction of sp³-hybridized carbons (Fsp3) is 0.933. The van der Waals surface area contributed by atoms with Crippen LogP contribution in [-0.4, -0.2) is 50.2 Å². The Labute approximate surface area is 116 Å². The van der Waals surface area contributed by atoms with E-state index in [1.807, 2.05) is 4.90 Å². The Kier molecular flexibility index (Phi) is 5.64. The number of nitrogens with one attached hydrogen (secondary N) is 1. The van der Waals surface area contributed by atoms with E-state index in [1.165, 1.54) is 25.7 Å². The van der Waals surface area contributed by atoms with Gasteiger partial charge in [0, 0.05) is 32.8 Å². The summed E-state index contributed by atoms with van der Waals surface area (Å²) in [6.07, 6.45) is 7.07. The van der Waals surface area contributed by atoms with Crippen molar-refractivity contribution in [2.45, 2.75) is 45.4 Å². The summed E-state index contributed by atoms with van der Waals surface area (Å²) in [5.74, 6) is 0.276. The molecular weight excluding hydrogens is 240 g/mol. The molecule has 2 rings (SSSR count). The predicted molar refractivity (Wildman–Crippen MR) is 76.1 cm³/mol. The maximum atomic E-state index is 12.1. The maximum Gasteiger partial charge on any atom is 0.236 e. The van der Waals surface area contributed by atoms with E-state index in [0.29, 0.717) is 12.0 Å². The summed E-state index contributed by atoms with van der Waals surface area (Å²) >= 11 is 0. The molecule has 0 bridgehead atoms. The van der Waals surface area contributed by atoms with Crippen LogP contribution >= 0.6 is 0 Å². The Balaban J connectivity index is 1.67. The van der Waals surface area contributed by atoms with Crippen LogP contribution in [0.25, 0.3) is 0 Å². The second-order valence-electron chi connectivity index (χ2n) is 6.32. The number of nitrogens with zero attached hydrogens (tertiary/aromatic N) is 1. The summed E-state index contributed by atoms with van der Waals surface area (Å²) in [4.78, 5) is 14.2. The number of carbonyl (C=O) groups excluding carboxylic acids is 1. The van der Waals surface area contributed by atoms with E-state index in [2.05, 4.69) is 12.2 Å². The molecule has 0 atom stereocenters. The molecule has 110 valence electrons. The molecule has 2 aliphatic heterocycles. The van der Waals surface area contributed by atoms with Crippen molar-refractivity contribution >= 4 is 5.91 Å². The smallest absolute Gasteiger partial charge is 0.236 e. The molecule has 2 heterocycles. The highest BCUT2D eigenvalue weighted by Gasteiger charge is 2.27. The Hall–Kier alpha value is -0.610. The van der Waals surface area contributed by atoms with Gasteiger partial charge in [0.15, 0.2) is 0 Å². The molecule has 0 aromatic rings. The average Bonchev–Trinajstić information content (AvgIpc) is 2.68. The highest BCUT2D eigenvalue weighted by molar-refractivity contribution is 5.78. The van der Waals surface area contributed by atoms with Crippen molar-refractivity contribution in [3.05, 3.63) is 0 Å². The molecule has 2 saturated heterocycles. The molecule has 1 N–H and O–H groups in total. The lowest BCUT2D eigenvalue weighted by Crippen LogP contribution is -2.43. The van der Waals surface area contributed by atoms with Crippen molar-refractivity contribution in [2.75, 3.05) is 39.4 Å². The Morgan fingerprint density at radius 1 is 1.16 bits per heavy atom. The van der Waals surface area contributed by atoms with Gasteiger partial charge < -0.3 is 15.0 Å². The van der Waals surface area contributed by atoms with E-state index >= 15 is 0 Å². The number of carbonyl (C=O) groups is 1. The molecule has 0 saturated carbocycles. The summed E-state index contributed by atoms with van der Waals surface area (Å²) in [6.45, 7) is 7.33. The minimum Gasteiger partial charge on any atom is -0.381 e. The summed E-state index contributed by atoms with van der Waals surface area (Å²) in [6, 6.07) is 0. The Morgan fingerprint density at radius 2 is 1.79 bits per heavy atom. The molecule has 0 aromatic carbocycles. The Morgan fingerprint density at radius 3 is 2.42 bits per heavy atom. The van der Waals surface area contributed by atoms with Crippen LogP contribution in [0.4, 0.5) is 0 Å². The monoisotopic (exact) mass is 268 g/mol. The van der Waals surface area contributed by atoms with E-state index in [9.17, 15) is 4.79 Å². The minimum absolute atomic E-state index is 0.276.